The minimum atomic E-state index is -0.419. The zero-order valence-electron chi connectivity index (χ0n) is 13.7. The third kappa shape index (κ3) is 5.50. The highest BCUT2D eigenvalue weighted by molar-refractivity contribution is 9.10. The molecule has 0 spiro atoms. The van der Waals surface area contributed by atoms with Crippen LogP contribution in [0.1, 0.15) is 33.3 Å². The van der Waals surface area contributed by atoms with Gasteiger partial charge < -0.3 is 20.5 Å². The van der Waals surface area contributed by atoms with E-state index in [4.69, 9.17) is 15.2 Å². The molecule has 1 rings (SSSR count). The highest BCUT2D eigenvalue weighted by Crippen LogP contribution is 2.34. The van der Waals surface area contributed by atoms with E-state index in [-0.39, 0.29) is 12.3 Å². The van der Waals surface area contributed by atoms with E-state index >= 15 is 0 Å². The molecule has 0 saturated carbocycles. The van der Waals surface area contributed by atoms with Gasteiger partial charge in [0.25, 0.3) is 0 Å². The van der Waals surface area contributed by atoms with Crippen molar-refractivity contribution in [1.82, 2.24) is 5.32 Å². The van der Waals surface area contributed by atoms with Gasteiger partial charge >= 0.3 is 0 Å². The summed E-state index contributed by atoms with van der Waals surface area (Å²) in [4.78, 5) is 12.2. The summed E-state index contributed by atoms with van der Waals surface area (Å²) < 4.78 is 12.0. The van der Waals surface area contributed by atoms with Gasteiger partial charge in [-0.1, -0.05) is 15.9 Å². The van der Waals surface area contributed by atoms with Crippen LogP contribution in [0.5, 0.6) is 11.5 Å². The number of benzene rings is 1. The van der Waals surface area contributed by atoms with Crippen molar-refractivity contribution in [1.29, 1.82) is 0 Å². The Bertz CT molecular complexity index is 518. The zero-order chi connectivity index (χ0) is 16.8. The van der Waals surface area contributed by atoms with Crippen LogP contribution in [-0.4, -0.2) is 31.2 Å². The van der Waals surface area contributed by atoms with E-state index < -0.39 is 5.54 Å². The van der Waals surface area contributed by atoms with Crippen molar-refractivity contribution in [3.05, 3.63) is 22.2 Å². The molecule has 0 aliphatic heterocycles. The highest BCUT2D eigenvalue weighted by atomic mass is 79.9. The Hall–Kier alpha value is -1.27. The van der Waals surface area contributed by atoms with Crippen LogP contribution >= 0.6 is 15.9 Å². The first-order valence-electron chi connectivity index (χ1n) is 7.42. The van der Waals surface area contributed by atoms with Crippen LogP contribution in [0, 0.1) is 0 Å². The van der Waals surface area contributed by atoms with Crippen molar-refractivity contribution in [2.45, 2.75) is 39.7 Å². The minimum absolute atomic E-state index is 0.0808. The van der Waals surface area contributed by atoms with Gasteiger partial charge in [0, 0.05) is 16.6 Å². The van der Waals surface area contributed by atoms with Crippen molar-refractivity contribution in [2.75, 3.05) is 19.8 Å². The molecule has 1 aromatic rings. The monoisotopic (exact) mass is 372 g/mol. The number of nitrogens with two attached hydrogens (primary N) is 1. The molecule has 6 heteroatoms. The lowest BCUT2D eigenvalue weighted by molar-refractivity contribution is -0.121. The van der Waals surface area contributed by atoms with Gasteiger partial charge in [-0.15, -0.1) is 0 Å². The molecular weight excluding hydrogens is 348 g/mol. The molecule has 22 heavy (non-hydrogen) atoms. The third-order valence-electron chi connectivity index (χ3n) is 3.05. The highest BCUT2D eigenvalue weighted by Gasteiger charge is 2.20. The van der Waals surface area contributed by atoms with E-state index in [2.05, 4.69) is 21.2 Å². The Balaban J connectivity index is 2.95. The predicted molar refractivity (Wildman–Crippen MR) is 91.5 cm³/mol. The lowest BCUT2D eigenvalue weighted by atomic mass is 10.0. The van der Waals surface area contributed by atoms with E-state index in [0.29, 0.717) is 31.3 Å². The van der Waals surface area contributed by atoms with Crippen LogP contribution in [-0.2, 0) is 11.2 Å². The summed E-state index contributed by atoms with van der Waals surface area (Å²) in [6.45, 7) is 9.08. The van der Waals surface area contributed by atoms with Gasteiger partial charge in [0.05, 0.1) is 19.6 Å². The molecule has 0 bridgehead atoms. The van der Waals surface area contributed by atoms with Gasteiger partial charge in [0.2, 0.25) is 5.91 Å². The minimum Gasteiger partial charge on any atom is -0.490 e. The van der Waals surface area contributed by atoms with E-state index in [0.717, 1.165) is 10.0 Å². The Morgan fingerprint density at radius 3 is 2.27 bits per heavy atom. The molecule has 0 heterocycles. The summed E-state index contributed by atoms with van der Waals surface area (Å²) in [5.74, 6) is 1.24. The Kier molecular flexibility index (Phi) is 7.16. The molecule has 0 aliphatic carbocycles. The van der Waals surface area contributed by atoms with Crippen molar-refractivity contribution in [2.24, 2.45) is 5.73 Å². The summed E-state index contributed by atoms with van der Waals surface area (Å²) in [5.41, 5.74) is 6.06. The van der Waals surface area contributed by atoms with E-state index in [9.17, 15) is 4.79 Å². The molecule has 3 N–H and O–H groups in total. The van der Waals surface area contributed by atoms with Crippen molar-refractivity contribution in [3.8, 4) is 11.5 Å². The molecule has 1 amide bonds. The van der Waals surface area contributed by atoms with Crippen LogP contribution in [0.15, 0.2) is 16.6 Å². The van der Waals surface area contributed by atoms with Crippen LogP contribution in [0.3, 0.4) is 0 Å². The second-order valence-corrected chi connectivity index (χ2v) is 6.42. The zero-order valence-corrected chi connectivity index (χ0v) is 15.2. The van der Waals surface area contributed by atoms with Gasteiger partial charge in [-0.3, -0.25) is 4.79 Å². The summed E-state index contributed by atoms with van der Waals surface area (Å²) in [6.07, 6.45) is 0.247. The molecule has 5 nitrogen and oxygen atoms in total. The molecule has 0 unspecified atom stereocenters. The summed E-state index contributed by atoms with van der Waals surface area (Å²) in [7, 11) is 0. The first-order chi connectivity index (χ1) is 10.3. The molecule has 124 valence electrons. The quantitative estimate of drug-likeness (QED) is 0.735. The second kappa shape index (κ2) is 8.39. The fraction of sp³-hybridized carbons (Fsp3) is 0.562. The number of ether oxygens (including phenoxy) is 2. The number of carbonyl (C=O) groups is 1. The maximum atomic E-state index is 12.2. The molecule has 0 radical (unpaired) electrons. The number of rotatable bonds is 8. The normalized spacial score (nSPS) is 11.2. The number of hydrogen-bond donors (Lipinski definition) is 2. The molecule has 0 saturated heterocycles. The number of nitrogens with one attached hydrogen (secondary N) is 1. The maximum Gasteiger partial charge on any atom is 0.224 e. The lowest BCUT2D eigenvalue weighted by Crippen LogP contribution is -2.49. The summed E-state index contributed by atoms with van der Waals surface area (Å²) in [6, 6.07) is 3.68. The summed E-state index contributed by atoms with van der Waals surface area (Å²) in [5, 5.41) is 2.92. The fourth-order valence-corrected chi connectivity index (χ4v) is 2.36. The van der Waals surface area contributed by atoms with Gasteiger partial charge in [0.1, 0.15) is 0 Å². The average Bonchev–Trinajstić information content (AvgIpc) is 2.43. The van der Waals surface area contributed by atoms with Crippen molar-refractivity contribution in [3.63, 3.8) is 0 Å². The number of halogens is 1. The molecular formula is C16H25BrN2O3. The van der Waals surface area contributed by atoms with Gasteiger partial charge in [0.15, 0.2) is 11.5 Å². The summed E-state index contributed by atoms with van der Waals surface area (Å²) >= 11 is 3.49. The Labute approximate surface area is 140 Å². The van der Waals surface area contributed by atoms with Crippen LogP contribution in [0.2, 0.25) is 0 Å². The van der Waals surface area contributed by atoms with E-state index in [1.807, 2.05) is 39.8 Å². The largest absolute Gasteiger partial charge is 0.490 e. The SMILES string of the molecule is CCOc1cc(Br)c(CC(=O)NC(C)(C)CN)cc1OCC. The molecule has 0 atom stereocenters. The molecule has 1 aromatic carbocycles. The standard InChI is InChI=1S/C16H25BrN2O3/c1-5-21-13-7-11(12(17)9-14(13)22-6-2)8-15(20)19-16(3,4)10-18/h7,9H,5-6,8,10,18H2,1-4H3,(H,19,20). The smallest absolute Gasteiger partial charge is 0.224 e. The Morgan fingerprint density at radius 2 is 1.77 bits per heavy atom. The van der Waals surface area contributed by atoms with E-state index in [1.54, 1.807) is 0 Å². The topological polar surface area (TPSA) is 73.6 Å². The van der Waals surface area contributed by atoms with Gasteiger partial charge in [-0.05, 0) is 45.4 Å². The molecule has 0 fully saturated rings. The fourth-order valence-electron chi connectivity index (χ4n) is 1.89. The van der Waals surface area contributed by atoms with Crippen molar-refractivity contribution < 1.29 is 14.3 Å². The second-order valence-electron chi connectivity index (χ2n) is 5.57. The van der Waals surface area contributed by atoms with Crippen molar-refractivity contribution >= 4 is 21.8 Å². The lowest BCUT2D eigenvalue weighted by Gasteiger charge is -2.24. The number of amides is 1. The van der Waals surface area contributed by atoms with E-state index in [1.165, 1.54) is 0 Å². The first kappa shape index (κ1) is 18.8. The number of hydrogen-bond acceptors (Lipinski definition) is 4. The third-order valence-corrected chi connectivity index (χ3v) is 3.79. The van der Waals surface area contributed by atoms with Gasteiger partial charge in [-0.25, -0.2) is 0 Å². The van der Waals surface area contributed by atoms with Crippen LogP contribution < -0.4 is 20.5 Å². The number of carbonyl (C=O) groups excluding carboxylic acids is 1. The predicted octanol–water partition coefficient (Wildman–Crippen LogP) is 2.64. The Morgan fingerprint density at radius 1 is 1.23 bits per heavy atom. The molecule has 0 aromatic heterocycles. The average molecular weight is 373 g/mol. The van der Waals surface area contributed by atoms with Crippen LogP contribution in [0.4, 0.5) is 0 Å². The van der Waals surface area contributed by atoms with Gasteiger partial charge in [-0.2, -0.15) is 0 Å². The first-order valence-corrected chi connectivity index (χ1v) is 8.21. The molecule has 0 aliphatic rings. The maximum absolute atomic E-state index is 12.2. The van der Waals surface area contributed by atoms with Crippen LogP contribution in [0.25, 0.3) is 0 Å².